The molecule has 0 fully saturated rings. The maximum atomic E-state index is 11.8. The highest BCUT2D eigenvalue weighted by Gasteiger charge is 2.23. The molecule has 0 saturated heterocycles. The molecule has 32 heavy (non-hydrogen) atoms. The van der Waals surface area contributed by atoms with E-state index in [0.29, 0.717) is 25.7 Å². The van der Waals surface area contributed by atoms with Gasteiger partial charge < -0.3 is 9.47 Å². The predicted octanol–water partition coefficient (Wildman–Crippen LogP) is 3.47. The van der Waals surface area contributed by atoms with E-state index in [1.807, 2.05) is 0 Å². The highest BCUT2D eigenvalue weighted by molar-refractivity contribution is 8.10. The number of esters is 2. The molecular weight excluding hydrogens is 511 g/mol. The van der Waals surface area contributed by atoms with E-state index in [1.54, 1.807) is 27.7 Å². The van der Waals surface area contributed by atoms with Crippen molar-refractivity contribution in [3.05, 3.63) is 0 Å². The minimum atomic E-state index is -4.05. The van der Waals surface area contributed by atoms with E-state index in [2.05, 4.69) is 8.37 Å². The topological polar surface area (TPSA) is 139 Å². The van der Waals surface area contributed by atoms with Crippen molar-refractivity contribution in [3.8, 4) is 0 Å². The van der Waals surface area contributed by atoms with Gasteiger partial charge in [-0.05, 0) is 36.5 Å². The normalized spacial score (nSPS) is 13.1. The summed E-state index contributed by atoms with van der Waals surface area (Å²) < 4.78 is 62.6. The quantitative estimate of drug-likeness (QED) is 0.152. The van der Waals surface area contributed by atoms with Gasteiger partial charge in [0.15, 0.2) is 0 Å². The van der Waals surface area contributed by atoms with Crippen molar-refractivity contribution in [2.45, 2.75) is 66.2 Å². The first-order chi connectivity index (χ1) is 14.4. The molecule has 0 N–H and O–H groups in total. The summed E-state index contributed by atoms with van der Waals surface area (Å²) >= 11 is 0. The zero-order chi connectivity index (χ0) is 25.1. The summed E-state index contributed by atoms with van der Waals surface area (Å²) in [7, 11) is 1.89. The van der Waals surface area contributed by atoms with Gasteiger partial charge in [-0.1, -0.05) is 27.7 Å². The van der Waals surface area contributed by atoms with Gasteiger partial charge in [-0.3, -0.25) is 18.0 Å². The van der Waals surface area contributed by atoms with Gasteiger partial charge >= 0.3 is 30.6 Å². The van der Waals surface area contributed by atoms with Crippen LogP contribution in [0.2, 0.25) is 0 Å². The molecule has 0 aromatic heterocycles. The van der Waals surface area contributed by atoms with Gasteiger partial charge in [-0.25, -0.2) is 0 Å². The van der Waals surface area contributed by atoms with Gasteiger partial charge in [0.05, 0.1) is 26.4 Å². The lowest BCUT2D eigenvalue weighted by atomic mass is 9.91. The number of carbonyl (C=O) groups is 2. The van der Waals surface area contributed by atoms with E-state index in [1.165, 1.54) is 0 Å². The van der Waals surface area contributed by atoms with Crippen molar-refractivity contribution in [2.75, 3.05) is 26.4 Å². The fourth-order valence-corrected chi connectivity index (χ4v) is 3.36. The number of ether oxygens (including phenoxy) is 2. The molecule has 0 saturated carbocycles. The van der Waals surface area contributed by atoms with E-state index in [4.69, 9.17) is 30.8 Å². The van der Waals surface area contributed by atoms with Crippen LogP contribution in [0.3, 0.4) is 0 Å². The van der Waals surface area contributed by atoms with Gasteiger partial charge in [0.2, 0.25) is 0 Å². The number of unbranched alkanes of at least 4 members (excludes halogenated alkanes) is 1. The Morgan fingerprint density at radius 3 is 1.28 bits per heavy atom. The molecular formula is C18H32Cl2O10S2. The van der Waals surface area contributed by atoms with Crippen LogP contribution < -0.4 is 0 Å². The zero-order valence-electron chi connectivity index (χ0n) is 18.7. The Morgan fingerprint density at radius 2 is 1.00 bits per heavy atom. The van der Waals surface area contributed by atoms with Crippen LogP contribution in [0.4, 0.5) is 0 Å². The summed E-state index contributed by atoms with van der Waals surface area (Å²) in [6.07, 6.45) is 1.93. The third kappa shape index (κ3) is 20.0. The second kappa shape index (κ2) is 13.9. The Balaban J connectivity index is 3.91. The molecule has 0 rings (SSSR count). The SMILES string of the molecule is CC(C)(CCOC(=O)CCCCC(=O)OCCC(C)(C)COS(=O)(=O)Cl)COS(=O)(=O)Cl. The number of halogens is 2. The van der Waals surface area contributed by atoms with Crippen LogP contribution in [0, 0.1) is 10.8 Å². The van der Waals surface area contributed by atoms with Crippen molar-refractivity contribution in [1.82, 2.24) is 0 Å². The molecule has 190 valence electrons. The second-order valence-electron chi connectivity index (χ2n) is 8.79. The Kier molecular flexibility index (Phi) is 13.6. The molecule has 0 aliphatic rings. The summed E-state index contributed by atoms with van der Waals surface area (Å²) in [6, 6.07) is 0. The largest absolute Gasteiger partial charge is 0.466 e. The molecule has 0 amide bonds. The molecule has 0 atom stereocenters. The monoisotopic (exact) mass is 542 g/mol. The van der Waals surface area contributed by atoms with E-state index in [0.717, 1.165) is 0 Å². The van der Waals surface area contributed by atoms with Gasteiger partial charge in [0, 0.05) is 34.2 Å². The van der Waals surface area contributed by atoms with Crippen molar-refractivity contribution >= 4 is 52.0 Å². The lowest BCUT2D eigenvalue weighted by molar-refractivity contribution is -0.146. The third-order valence-electron chi connectivity index (χ3n) is 4.28. The molecule has 14 heteroatoms. The van der Waals surface area contributed by atoms with Crippen LogP contribution in [-0.4, -0.2) is 55.2 Å². The Labute approximate surface area is 199 Å². The fraction of sp³-hybridized carbons (Fsp3) is 0.889. The van der Waals surface area contributed by atoms with Crippen LogP contribution in [0.25, 0.3) is 0 Å². The van der Waals surface area contributed by atoms with E-state index >= 15 is 0 Å². The fourth-order valence-electron chi connectivity index (χ4n) is 2.17. The zero-order valence-corrected chi connectivity index (χ0v) is 21.9. The minimum absolute atomic E-state index is 0.101. The first-order valence-electron chi connectivity index (χ1n) is 9.90. The van der Waals surface area contributed by atoms with E-state index in [-0.39, 0.29) is 39.3 Å². The van der Waals surface area contributed by atoms with E-state index < -0.39 is 41.4 Å². The predicted molar refractivity (Wildman–Crippen MR) is 119 cm³/mol. The third-order valence-corrected chi connectivity index (χ3v) is 5.61. The highest BCUT2D eigenvalue weighted by atomic mass is 35.7. The molecule has 0 unspecified atom stereocenters. The Morgan fingerprint density at radius 1 is 0.688 bits per heavy atom. The summed E-state index contributed by atoms with van der Waals surface area (Å²) in [4.78, 5) is 23.5. The second-order valence-corrected chi connectivity index (χ2v) is 13.1. The summed E-state index contributed by atoms with van der Waals surface area (Å²) in [5, 5.41) is 0. The van der Waals surface area contributed by atoms with Crippen LogP contribution in [0.5, 0.6) is 0 Å². The number of carbonyl (C=O) groups excluding carboxylic acids is 2. The molecule has 10 nitrogen and oxygen atoms in total. The van der Waals surface area contributed by atoms with Crippen LogP contribution >= 0.6 is 21.4 Å². The molecule has 0 heterocycles. The maximum absolute atomic E-state index is 11.8. The van der Waals surface area contributed by atoms with Crippen molar-refractivity contribution < 1.29 is 44.3 Å². The summed E-state index contributed by atoms with van der Waals surface area (Å²) in [5.41, 5.74) is -1.10. The van der Waals surface area contributed by atoms with Crippen molar-refractivity contribution in [1.29, 1.82) is 0 Å². The Bertz CT molecular complexity index is 740. The smallest absolute Gasteiger partial charge is 0.355 e. The van der Waals surface area contributed by atoms with Crippen molar-refractivity contribution in [2.24, 2.45) is 10.8 Å². The molecule has 0 bridgehead atoms. The van der Waals surface area contributed by atoms with E-state index in [9.17, 15) is 26.4 Å². The van der Waals surface area contributed by atoms with Crippen LogP contribution in [-0.2, 0) is 46.1 Å². The lowest BCUT2D eigenvalue weighted by Gasteiger charge is -2.23. The van der Waals surface area contributed by atoms with Gasteiger partial charge in [-0.15, -0.1) is 0 Å². The number of hydrogen-bond donors (Lipinski definition) is 0. The number of rotatable bonds is 17. The maximum Gasteiger partial charge on any atom is 0.355 e. The molecule has 0 aromatic carbocycles. The first kappa shape index (κ1) is 31.3. The molecule has 0 aromatic rings. The first-order valence-corrected chi connectivity index (χ1v) is 14.4. The van der Waals surface area contributed by atoms with Crippen LogP contribution in [0.15, 0.2) is 0 Å². The standard InChI is InChI=1S/C18H32Cl2O10S2/c1-17(2,13-29-31(19,23)24)9-11-27-15(21)7-5-6-8-16(22)28-12-10-18(3,4)14-30-32(20,25)26/h5-14H2,1-4H3. The lowest BCUT2D eigenvalue weighted by Crippen LogP contribution is -2.23. The molecule has 0 spiro atoms. The summed E-state index contributed by atoms with van der Waals surface area (Å²) in [6.45, 7) is 6.95. The van der Waals surface area contributed by atoms with Crippen LogP contribution in [0.1, 0.15) is 66.2 Å². The average Bonchev–Trinajstić information content (AvgIpc) is 2.61. The van der Waals surface area contributed by atoms with Gasteiger partial charge in [-0.2, -0.15) is 16.8 Å². The summed E-state index contributed by atoms with van der Waals surface area (Å²) in [5.74, 6) is -0.841. The number of hydrogen-bond acceptors (Lipinski definition) is 10. The average molecular weight is 543 g/mol. The molecule has 0 aliphatic carbocycles. The van der Waals surface area contributed by atoms with Crippen molar-refractivity contribution in [3.63, 3.8) is 0 Å². The van der Waals surface area contributed by atoms with Gasteiger partial charge in [0.1, 0.15) is 0 Å². The Hall–Kier alpha value is -0.660. The van der Waals surface area contributed by atoms with Gasteiger partial charge in [0.25, 0.3) is 0 Å². The molecule has 0 radical (unpaired) electrons. The molecule has 0 aliphatic heterocycles. The minimum Gasteiger partial charge on any atom is -0.466 e. The highest BCUT2D eigenvalue weighted by Crippen LogP contribution is 2.23.